The Hall–Kier alpha value is -2.01. The highest BCUT2D eigenvalue weighted by Crippen LogP contribution is 2.36. The van der Waals surface area contributed by atoms with Crippen molar-refractivity contribution in [2.75, 3.05) is 13.7 Å². The second-order valence-corrected chi connectivity index (χ2v) is 7.68. The van der Waals surface area contributed by atoms with Gasteiger partial charge in [0.1, 0.15) is 6.61 Å². The van der Waals surface area contributed by atoms with Crippen LogP contribution in [0.5, 0.6) is 11.5 Å². The molecule has 0 saturated heterocycles. The van der Waals surface area contributed by atoms with Crippen molar-refractivity contribution in [3.05, 3.63) is 92.9 Å². The standard InChI is InChI=1S/C23H23BrClNO2/c1-27-22-12-11-21(24)20(15-26-14-13-17-5-3-2-4-6-17)23(22)28-16-18-7-9-19(25)10-8-18/h2-12,26H,13-16H2,1H3. The molecule has 0 saturated carbocycles. The van der Waals surface area contributed by atoms with Crippen molar-refractivity contribution < 1.29 is 9.47 Å². The van der Waals surface area contributed by atoms with Crippen molar-refractivity contribution in [2.24, 2.45) is 0 Å². The third-order valence-corrected chi connectivity index (χ3v) is 5.41. The van der Waals surface area contributed by atoms with Gasteiger partial charge in [-0.05, 0) is 48.4 Å². The van der Waals surface area contributed by atoms with Crippen molar-refractivity contribution in [2.45, 2.75) is 19.6 Å². The molecule has 0 radical (unpaired) electrons. The SMILES string of the molecule is COc1ccc(Br)c(CNCCc2ccccc2)c1OCc1ccc(Cl)cc1. The van der Waals surface area contributed by atoms with Crippen molar-refractivity contribution in [1.82, 2.24) is 5.32 Å². The van der Waals surface area contributed by atoms with Crippen LogP contribution in [-0.2, 0) is 19.6 Å². The predicted molar refractivity (Wildman–Crippen MR) is 118 cm³/mol. The molecule has 0 atom stereocenters. The van der Waals surface area contributed by atoms with Gasteiger partial charge < -0.3 is 14.8 Å². The molecule has 0 spiro atoms. The lowest BCUT2D eigenvalue weighted by atomic mass is 10.1. The Bertz CT molecular complexity index is 885. The Morgan fingerprint density at radius 2 is 1.68 bits per heavy atom. The van der Waals surface area contributed by atoms with E-state index in [9.17, 15) is 0 Å². The van der Waals surface area contributed by atoms with E-state index in [0.717, 1.165) is 40.1 Å². The van der Waals surface area contributed by atoms with Crippen LogP contribution in [-0.4, -0.2) is 13.7 Å². The summed E-state index contributed by atoms with van der Waals surface area (Å²) in [6, 6.07) is 22.0. The summed E-state index contributed by atoms with van der Waals surface area (Å²) < 4.78 is 12.7. The van der Waals surface area contributed by atoms with E-state index in [1.54, 1.807) is 7.11 Å². The van der Waals surface area contributed by atoms with Crippen molar-refractivity contribution in [3.8, 4) is 11.5 Å². The Morgan fingerprint density at radius 1 is 0.929 bits per heavy atom. The highest BCUT2D eigenvalue weighted by atomic mass is 79.9. The summed E-state index contributed by atoms with van der Waals surface area (Å²) in [6.45, 7) is 2.01. The number of ether oxygens (including phenoxy) is 2. The zero-order valence-electron chi connectivity index (χ0n) is 15.8. The van der Waals surface area contributed by atoms with Gasteiger partial charge in [0, 0.05) is 21.6 Å². The fraction of sp³-hybridized carbons (Fsp3) is 0.217. The zero-order chi connectivity index (χ0) is 19.8. The first kappa shape index (κ1) is 20.7. The van der Waals surface area contributed by atoms with E-state index in [1.807, 2.05) is 42.5 Å². The average Bonchev–Trinajstić information content (AvgIpc) is 2.73. The molecule has 0 aliphatic rings. The molecular formula is C23H23BrClNO2. The molecule has 0 fully saturated rings. The molecule has 0 bridgehead atoms. The summed E-state index contributed by atoms with van der Waals surface area (Å²) >= 11 is 9.61. The second kappa shape index (κ2) is 10.5. The third kappa shape index (κ3) is 5.74. The fourth-order valence-electron chi connectivity index (χ4n) is 2.89. The predicted octanol–water partition coefficient (Wildman–Crippen LogP) is 6.02. The first-order valence-electron chi connectivity index (χ1n) is 9.14. The Labute approximate surface area is 179 Å². The molecular weight excluding hydrogens is 438 g/mol. The molecule has 0 aliphatic heterocycles. The Balaban J connectivity index is 1.67. The summed E-state index contributed by atoms with van der Waals surface area (Å²) in [5.74, 6) is 1.47. The van der Waals surface area contributed by atoms with Gasteiger partial charge in [-0.1, -0.05) is 70.0 Å². The number of nitrogens with one attached hydrogen (secondary N) is 1. The maximum absolute atomic E-state index is 6.14. The van der Waals surface area contributed by atoms with Crippen LogP contribution in [0, 0.1) is 0 Å². The highest BCUT2D eigenvalue weighted by Gasteiger charge is 2.14. The van der Waals surface area contributed by atoms with Gasteiger partial charge in [0.25, 0.3) is 0 Å². The van der Waals surface area contributed by atoms with Crippen LogP contribution in [0.2, 0.25) is 5.02 Å². The van der Waals surface area contributed by atoms with E-state index in [4.69, 9.17) is 21.1 Å². The quantitative estimate of drug-likeness (QED) is 0.396. The van der Waals surface area contributed by atoms with Gasteiger partial charge in [-0.25, -0.2) is 0 Å². The minimum atomic E-state index is 0.445. The topological polar surface area (TPSA) is 30.5 Å². The molecule has 28 heavy (non-hydrogen) atoms. The molecule has 5 heteroatoms. The Morgan fingerprint density at radius 3 is 2.39 bits per heavy atom. The van der Waals surface area contributed by atoms with Crippen LogP contribution in [0.1, 0.15) is 16.7 Å². The van der Waals surface area contributed by atoms with E-state index in [0.29, 0.717) is 18.2 Å². The lowest BCUT2D eigenvalue weighted by molar-refractivity contribution is 0.280. The molecule has 0 aliphatic carbocycles. The largest absolute Gasteiger partial charge is 0.493 e. The molecule has 1 N–H and O–H groups in total. The van der Waals surface area contributed by atoms with Gasteiger partial charge in [-0.15, -0.1) is 0 Å². The number of methoxy groups -OCH3 is 1. The average molecular weight is 461 g/mol. The van der Waals surface area contributed by atoms with Crippen LogP contribution >= 0.6 is 27.5 Å². The molecule has 146 valence electrons. The van der Waals surface area contributed by atoms with E-state index in [2.05, 4.69) is 45.5 Å². The van der Waals surface area contributed by atoms with Crippen LogP contribution in [0.15, 0.2) is 71.2 Å². The van der Waals surface area contributed by atoms with E-state index >= 15 is 0 Å². The van der Waals surface area contributed by atoms with Crippen molar-refractivity contribution in [1.29, 1.82) is 0 Å². The molecule has 0 unspecified atom stereocenters. The van der Waals surface area contributed by atoms with Crippen LogP contribution in [0.3, 0.4) is 0 Å². The first-order chi connectivity index (χ1) is 13.7. The molecule has 0 heterocycles. The molecule has 3 rings (SSSR count). The van der Waals surface area contributed by atoms with Crippen LogP contribution < -0.4 is 14.8 Å². The Kier molecular flexibility index (Phi) is 7.78. The highest BCUT2D eigenvalue weighted by molar-refractivity contribution is 9.10. The smallest absolute Gasteiger partial charge is 0.167 e. The van der Waals surface area contributed by atoms with E-state index in [1.165, 1.54) is 5.56 Å². The normalized spacial score (nSPS) is 10.7. The number of hydrogen-bond donors (Lipinski definition) is 1. The molecule has 3 aromatic rings. The number of halogens is 2. The number of hydrogen-bond acceptors (Lipinski definition) is 3. The summed E-state index contributed by atoms with van der Waals surface area (Å²) in [6.07, 6.45) is 0.976. The minimum absolute atomic E-state index is 0.445. The number of rotatable bonds is 9. The summed E-state index contributed by atoms with van der Waals surface area (Å²) in [7, 11) is 1.66. The van der Waals surface area contributed by atoms with E-state index < -0.39 is 0 Å². The molecule has 3 aromatic carbocycles. The van der Waals surface area contributed by atoms with Crippen LogP contribution in [0.25, 0.3) is 0 Å². The maximum atomic E-state index is 6.14. The van der Waals surface area contributed by atoms with E-state index in [-0.39, 0.29) is 0 Å². The third-order valence-electron chi connectivity index (χ3n) is 4.42. The van der Waals surface area contributed by atoms with Gasteiger partial charge >= 0.3 is 0 Å². The van der Waals surface area contributed by atoms with Gasteiger partial charge in [0.15, 0.2) is 11.5 Å². The summed E-state index contributed by atoms with van der Waals surface area (Å²) in [5, 5.41) is 4.22. The lowest BCUT2D eigenvalue weighted by Gasteiger charge is -2.17. The molecule has 0 amide bonds. The maximum Gasteiger partial charge on any atom is 0.167 e. The molecule has 0 aromatic heterocycles. The fourth-order valence-corrected chi connectivity index (χ4v) is 3.47. The monoisotopic (exact) mass is 459 g/mol. The van der Waals surface area contributed by atoms with Crippen LogP contribution in [0.4, 0.5) is 0 Å². The lowest BCUT2D eigenvalue weighted by Crippen LogP contribution is -2.18. The molecule has 3 nitrogen and oxygen atoms in total. The second-order valence-electron chi connectivity index (χ2n) is 6.38. The summed E-state index contributed by atoms with van der Waals surface area (Å²) in [4.78, 5) is 0. The van der Waals surface area contributed by atoms with Gasteiger partial charge in [0.05, 0.1) is 7.11 Å². The van der Waals surface area contributed by atoms with Gasteiger partial charge in [-0.2, -0.15) is 0 Å². The van der Waals surface area contributed by atoms with Crippen molar-refractivity contribution >= 4 is 27.5 Å². The minimum Gasteiger partial charge on any atom is -0.493 e. The summed E-state index contributed by atoms with van der Waals surface area (Å²) in [5.41, 5.74) is 3.41. The number of benzene rings is 3. The first-order valence-corrected chi connectivity index (χ1v) is 10.3. The van der Waals surface area contributed by atoms with Gasteiger partial charge in [0.2, 0.25) is 0 Å². The van der Waals surface area contributed by atoms with Gasteiger partial charge in [-0.3, -0.25) is 0 Å². The zero-order valence-corrected chi connectivity index (χ0v) is 18.1. The van der Waals surface area contributed by atoms with Crippen molar-refractivity contribution in [3.63, 3.8) is 0 Å².